The lowest BCUT2D eigenvalue weighted by atomic mass is 10.1. The van der Waals surface area contributed by atoms with Gasteiger partial charge in [-0.25, -0.2) is 4.79 Å². The zero-order valence-corrected chi connectivity index (χ0v) is 9.08. The molecule has 0 aliphatic rings. The molecule has 1 rings (SSSR count). The Morgan fingerprint density at radius 3 is 2.71 bits per heavy atom. The predicted molar refractivity (Wildman–Crippen MR) is 60.2 cm³/mol. The van der Waals surface area contributed by atoms with Crippen molar-refractivity contribution in [3.63, 3.8) is 0 Å². The summed E-state index contributed by atoms with van der Waals surface area (Å²) in [6.07, 6.45) is 0. The summed E-state index contributed by atoms with van der Waals surface area (Å²) in [5.74, 6) is -1.23. The molecule has 7 nitrogen and oxygen atoms in total. The van der Waals surface area contributed by atoms with Crippen LogP contribution in [-0.2, 0) is 0 Å². The smallest absolute Gasteiger partial charge is 0.335 e. The summed E-state index contributed by atoms with van der Waals surface area (Å²) in [6, 6.07) is 3.20. The monoisotopic (exact) mass is 240 g/mol. The van der Waals surface area contributed by atoms with Gasteiger partial charge < -0.3 is 15.5 Å². The van der Waals surface area contributed by atoms with E-state index in [1.165, 1.54) is 12.1 Å². The number of nitrogens with zero attached hydrogens (tertiary/aromatic N) is 1. The fraction of sp³-hybridized carbons (Fsp3) is 0.300. The molecule has 0 heterocycles. The maximum atomic E-state index is 10.8. The molecule has 0 aliphatic heterocycles. The summed E-state index contributed by atoms with van der Waals surface area (Å²) in [4.78, 5) is 20.8. The van der Waals surface area contributed by atoms with E-state index in [0.717, 1.165) is 6.07 Å². The average molecular weight is 240 g/mol. The zero-order valence-electron chi connectivity index (χ0n) is 9.08. The van der Waals surface area contributed by atoms with Gasteiger partial charge in [-0.1, -0.05) is 0 Å². The van der Waals surface area contributed by atoms with Gasteiger partial charge in [0.2, 0.25) is 0 Å². The van der Waals surface area contributed by atoms with E-state index in [1.807, 2.05) is 0 Å². The van der Waals surface area contributed by atoms with Crippen molar-refractivity contribution >= 4 is 17.3 Å². The minimum absolute atomic E-state index is 0.154. The van der Waals surface area contributed by atoms with Crippen molar-refractivity contribution in [3.8, 4) is 0 Å². The minimum Gasteiger partial charge on any atom is -0.478 e. The molecule has 0 bridgehead atoms. The maximum absolute atomic E-state index is 10.8. The molecule has 0 saturated heterocycles. The maximum Gasteiger partial charge on any atom is 0.335 e. The van der Waals surface area contributed by atoms with Crippen LogP contribution in [0.2, 0.25) is 0 Å². The van der Waals surface area contributed by atoms with Crippen molar-refractivity contribution in [1.29, 1.82) is 0 Å². The number of nitro benzene ring substituents is 1. The molecule has 92 valence electrons. The Balaban J connectivity index is 3.13. The molecule has 0 fully saturated rings. The number of hydrogen-bond donors (Lipinski definition) is 3. The summed E-state index contributed by atoms with van der Waals surface area (Å²) >= 11 is 0. The van der Waals surface area contributed by atoms with E-state index >= 15 is 0 Å². The Kier molecular flexibility index (Phi) is 4.00. The number of hydrogen-bond acceptors (Lipinski definition) is 5. The van der Waals surface area contributed by atoms with E-state index in [4.69, 9.17) is 10.2 Å². The number of anilines is 1. The van der Waals surface area contributed by atoms with Gasteiger partial charge in [0.15, 0.2) is 0 Å². The van der Waals surface area contributed by atoms with Gasteiger partial charge in [0.25, 0.3) is 5.69 Å². The number of rotatable bonds is 5. The first-order valence-electron chi connectivity index (χ1n) is 4.85. The van der Waals surface area contributed by atoms with Crippen molar-refractivity contribution in [2.75, 3.05) is 11.9 Å². The van der Waals surface area contributed by atoms with Gasteiger partial charge in [-0.05, 0) is 19.1 Å². The van der Waals surface area contributed by atoms with E-state index in [-0.39, 0.29) is 29.6 Å². The Morgan fingerprint density at radius 2 is 2.24 bits per heavy atom. The van der Waals surface area contributed by atoms with Crippen LogP contribution >= 0.6 is 0 Å². The van der Waals surface area contributed by atoms with Gasteiger partial charge in [0.05, 0.1) is 17.1 Å². The molecule has 0 aromatic heterocycles. The first kappa shape index (κ1) is 12.9. The van der Waals surface area contributed by atoms with E-state index in [0.29, 0.717) is 0 Å². The van der Waals surface area contributed by atoms with Crippen molar-refractivity contribution in [2.24, 2.45) is 0 Å². The topological polar surface area (TPSA) is 113 Å². The highest BCUT2D eigenvalue weighted by atomic mass is 16.6. The second kappa shape index (κ2) is 5.26. The molecule has 1 aromatic rings. The van der Waals surface area contributed by atoms with Gasteiger partial charge in [-0.3, -0.25) is 10.1 Å². The number of nitro groups is 1. The van der Waals surface area contributed by atoms with Crippen LogP contribution in [0.1, 0.15) is 17.3 Å². The quantitative estimate of drug-likeness (QED) is 0.524. The largest absolute Gasteiger partial charge is 0.478 e. The van der Waals surface area contributed by atoms with Gasteiger partial charge in [0.1, 0.15) is 5.69 Å². The highest BCUT2D eigenvalue weighted by molar-refractivity contribution is 5.89. The number of carboxylic acids is 1. The van der Waals surface area contributed by atoms with Crippen LogP contribution in [0.4, 0.5) is 11.4 Å². The van der Waals surface area contributed by atoms with Crippen molar-refractivity contribution in [3.05, 3.63) is 33.9 Å². The molecule has 3 N–H and O–H groups in total. The Labute approximate surface area is 96.8 Å². The zero-order chi connectivity index (χ0) is 13.0. The normalized spacial score (nSPS) is 11.9. The van der Waals surface area contributed by atoms with Crippen LogP contribution in [0, 0.1) is 10.1 Å². The number of carbonyl (C=O) groups is 1. The van der Waals surface area contributed by atoms with Gasteiger partial charge >= 0.3 is 5.97 Å². The van der Waals surface area contributed by atoms with Crippen molar-refractivity contribution in [1.82, 2.24) is 0 Å². The molecule has 1 atom stereocenters. The van der Waals surface area contributed by atoms with E-state index in [2.05, 4.69) is 5.32 Å². The third kappa shape index (κ3) is 3.15. The summed E-state index contributed by atoms with van der Waals surface area (Å²) in [6.45, 7) is 1.46. The van der Waals surface area contributed by atoms with Crippen LogP contribution in [0.5, 0.6) is 0 Å². The molecule has 7 heteroatoms. The second-order valence-electron chi connectivity index (χ2n) is 3.52. The van der Waals surface area contributed by atoms with Crippen molar-refractivity contribution in [2.45, 2.75) is 13.0 Å². The first-order valence-corrected chi connectivity index (χ1v) is 4.85. The highest BCUT2D eigenvalue weighted by Crippen LogP contribution is 2.26. The van der Waals surface area contributed by atoms with E-state index < -0.39 is 10.9 Å². The highest BCUT2D eigenvalue weighted by Gasteiger charge is 2.18. The lowest BCUT2D eigenvalue weighted by molar-refractivity contribution is -0.384. The number of aromatic carboxylic acids is 1. The molecule has 17 heavy (non-hydrogen) atoms. The minimum atomic E-state index is -1.23. The summed E-state index contributed by atoms with van der Waals surface area (Å²) in [5.41, 5.74) is -0.300. The molecule has 1 aromatic carbocycles. The first-order chi connectivity index (χ1) is 7.95. The third-order valence-corrected chi connectivity index (χ3v) is 2.12. The summed E-state index contributed by atoms with van der Waals surface area (Å²) in [7, 11) is 0. The molecular formula is C10H12N2O5. The van der Waals surface area contributed by atoms with Crippen LogP contribution in [0.25, 0.3) is 0 Å². The molecule has 0 amide bonds. The molecular weight excluding hydrogens is 228 g/mol. The number of carboxylic acid groups (broad SMARTS) is 1. The van der Waals surface area contributed by atoms with Gasteiger partial charge in [-0.15, -0.1) is 0 Å². The van der Waals surface area contributed by atoms with Crippen LogP contribution in [0.3, 0.4) is 0 Å². The third-order valence-electron chi connectivity index (χ3n) is 2.12. The summed E-state index contributed by atoms with van der Waals surface area (Å²) < 4.78 is 0. The fourth-order valence-electron chi connectivity index (χ4n) is 1.25. The molecule has 0 aliphatic carbocycles. The number of aliphatic hydroxyl groups is 1. The lowest BCUT2D eigenvalue weighted by Gasteiger charge is -2.12. The lowest BCUT2D eigenvalue weighted by Crippen LogP contribution is -2.20. The Hall–Kier alpha value is -2.15. The SMILES string of the molecule is CC(CO)Nc1ccc(C(=O)O)cc1[N+](=O)[O-]. The molecule has 0 radical (unpaired) electrons. The molecule has 0 saturated carbocycles. The standard InChI is InChI=1S/C10H12N2O5/c1-6(5-13)11-8-3-2-7(10(14)15)4-9(8)12(16)17/h2-4,6,11,13H,5H2,1H3,(H,14,15). The van der Waals surface area contributed by atoms with Crippen LogP contribution in [-0.4, -0.2) is 33.8 Å². The predicted octanol–water partition coefficient (Wildman–Crippen LogP) is 1.09. The van der Waals surface area contributed by atoms with Gasteiger partial charge in [-0.2, -0.15) is 0 Å². The fourth-order valence-corrected chi connectivity index (χ4v) is 1.25. The average Bonchev–Trinajstić information content (AvgIpc) is 2.28. The Morgan fingerprint density at radius 1 is 1.59 bits per heavy atom. The van der Waals surface area contributed by atoms with E-state index in [1.54, 1.807) is 6.92 Å². The Bertz CT molecular complexity index is 446. The molecule has 1 unspecified atom stereocenters. The second-order valence-corrected chi connectivity index (χ2v) is 3.52. The summed E-state index contributed by atoms with van der Waals surface area (Å²) in [5, 5.41) is 31.1. The number of nitrogens with one attached hydrogen (secondary N) is 1. The van der Waals surface area contributed by atoms with Crippen LogP contribution < -0.4 is 5.32 Å². The van der Waals surface area contributed by atoms with E-state index in [9.17, 15) is 14.9 Å². The van der Waals surface area contributed by atoms with Crippen LogP contribution in [0.15, 0.2) is 18.2 Å². The number of benzene rings is 1. The molecule has 0 spiro atoms. The number of aliphatic hydroxyl groups excluding tert-OH is 1. The van der Waals surface area contributed by atoms with Gasteiger partial charge in [0, 0.05) is 12.1 Å². The van der Waals surface area contributed by atoms with Crippen molar-refractivity contribution < 1.29 is 19.9 Å².